The highest BCUT2D eigenvalue weighted by atomic mass is 79.9. The van der Waals surface area contributed by atoms with E-state index in [0.29, 0.717) is 5.69 Å². The fourth-order valence-electron chi connectivity index (χ4n) is 1.48. The van der Waals surface area contributed by atoms with Gasteiger partial charge in [0.1, 0.15) is 12.3 Å². The number of pyridine rings is 1. The van der Waals surface area contributed by atoms with E-state index in [1.165, 1.54) is 0 Å². The van der Waals surface area contributed by atoms with Crippen molar-refractivity contribution in [2.75, 3.05) is 6.54 Å². The lowest BCUT2D eigenvalue weighted by atomic mass is 10.2. The summed E-state index contributed by atoms with van der Waals surface area (Å²) in [6.45, 7) is 0.458. The summed E-state index contributed by atoms with van der Waals surface area (Å²) in [6, 6.07) is 13.2. The standard InChI is InChI=1S/C16H13BrN2O2/c17-14-8-9-15(19-11-14)7-4-10-18-16(20)21-12-13-5-2-1-3-6-13/h1-3,5-6,8-9,11H,10,12H2,(H,18,20). The molecule has 5 heteroatoms. The molecular formula is C16H13BrN2O2. The Morgan fingerprint density at radius 3 is 2.76 bits per heavy atom. The van der Waals surface area contributed by atoms with Gasteiger partial charge in [-0.3, -0.25) is 0 Å². The second-order valence-corrected chi connectivity index (χ2v) is 4.99. The predicted molar refractivity (Wildman–Crippen MR) is 83.4 cm³/mol. The zero-order valence-corrected chi connectivity index (χ0v) is 12.8. The topological polar surface area (TPSA) is 51.2 Å². The molecule has 0 spiro atoms. The number of amides is 1. The van der Waals surface area contributed by atoms with Crippen molar-refractivity contribution in [3.8, 4) is 11.8 Å². The number of rotatable bonds is 3. The number of carbonyl (C=O) groups excluding carboxylic acids is 1. The molecule has 0 unspecified atom stereocenters. The SMILES string of the molecule is O=C(NCC#Cc1ccc(Br)cn1)OCc1ccccc1. The number of alkyl carbamates (subject to hydrolysis) is 1. The van der Waals surface area contributed by atoms with Crippen LogP contribution in [0.15, 0.2) is 53.1 Å². The zero-order chi connectivity index (χ0) is 14.9. The first-order valence-corrected chi connectivity index (χ1v) is 7.08. The van der Waals surface area contributed by atoms with E-state index in [9.17, 15) is 4.79 Å². The molecule has 0 bridgehead atoms. The van der Waals surface area contributed by atoms with Gasteiger partial charge >= 0.3 is 6.09 Å². The highest BCUT2D eigenvalue weighted by Gasteiger charge is 2.00. The third kappa shape index (κ3) is 5.67. The molecule has 0 aliphatic carbocycles. The van der Waals surface area contributed by atoms with Crippen LogP contribution in [0.4, 0.5) is 4.79 Å². The first-order valence-electron chi connectivity index (χ1n) is 6.29. The lowest BCUT2D eigenvalue weighted by Gasteiger charge is -2.04. The number of hydrogen-bond donors (Lipinski definition) is 1. The number of nitrogens with one attached hydrogen (secondary N) is 1. The molecule has 0 radical (unpaired) electrons. The zero-order valence-electron chi connectivity index (χ0n) is 11.2. The predicted octanol–water partition coefficient (Wildman–Crippen LogP) is 3.12. The van der Waals surface area contributed by atoms with Crippen molar-refractivity contribution in [3.05, 3.63) is 64.4 Å². The maximum absolute atomic E-state index is 11.4. The number of ether oxygens (including phenoxy) is 1. The Kier molecular flexibility index (Phi) is 5.80. The van der Waals surface area contributed by atoms with Gasteiger partial charge in [0.25, 0.3) is 0 Å². The van der Waals surface area contributed by atoms with Crippen LogP contribution >= 0.6 is 15.9 Å². The summed E-state index contributed by atoms with van der Waals surface area (Å²) in [5, 5.41) is 2.56. The van der Waals surface area contributed by atoms with Gasteiger partial charge in [0.15, 0.2) is 0 Å². The van der Waals surface area contributed by atoms with Gasteiger partial charge in [-0.1, -0.05) is 36.3 Å². The van der Waals surface area contributed by atoms with E-state index in [2.05, 4.69) is 38.1 Å². The Balaban J connectivity index is 1.71. The smallest absolute Gasteiger partial charge is 0.408 e. The van der Waals surface area contributed by atoms with Crippen molar-refractivity contribution in [1.29, 1.82) is 0 Å². The van der Waals surface area contributed by atoms with Crippen LogP contribution in [0, 0.1) is 11.8 Å². The van der Waals surface area contributed by atoms with Gasteiger partial charge in [0, 0.05) is 10.7 Å². The van der Waals surface area contributed by atoms with Crippen LogP contribution in [0.3, 0.4) is 0 Å². The number of halogens is 1. The number of nitrogens with zero attached hydrogens (tertiary/aromatic N) is 1. The Labute approximate surface area is 131 Å². The molecule has 2 aromatic rings. The molecule has 1 aromatic heterocycles. The Bertz CT molecular complexity index is 645. The summed E-state index contributed by atoms with van der Waals surface area (Å²) in [4.78, 5) is 15.6. The molecule has 0 aliphatic rings. The van der Waals surface area contributed by atoms with Crippen LogP contribution in [-0.2, 0) is 11.3 Å². The Morgan fingerprint density at radius 1 is 1.24 bits per heavy atom. The molecular weight excluding hydrogens is 332 g/mol. The van der Waals surface area contributed by atoms with Crippen LogP contribution in [0.2, 0.25) is 0 Å². The van der Waals surface area contributed by atoms with Gasteiger partial charge in [-0.05, 0) is 39.5 Å². The minimum Gasteiger partial charge on any atom is -0.445 e. The number of aromatic nitrogens is 1. The van der Waals surface area contributed by atoms with Crippen LogP contribution in [0.5, 0.6) is 0 Å². The summed E-state index contributed by atoms with van der Waals surface area (Å²) in [7, 11) is 0. The molecule has 106 valence electrons. The van der Waals surface area contributed by atoms with Crippen molar-refractivity contribution in [2.45, 2.75) is 6.61 Å². The highest BCUT2D eigenvalue weighted by Crippen LogP contribution is 2.06. The fraction of sp³-hybridized carbons (Fsp3) is 0.125. The molecule has 1 aromatic carbocycles. The van der Waals surface area contributed by atoms with Crippen LogP contribution < -0.4 is 5.32 Å². The van der Waals surface area contributed by atoms with Gasteiger partial charge < -0.3 is 10.1 Å². The molecule has 0 saturated carbocycles. The quantitative estimate of drug-likeness (QED) is 0.870. The van der Waals surface area contributed by atoms with E-state index in [1.54, 1.807) is 12.3 Å². The van der Waals surface area contributed by atoms with E-state index in [4.69, 9.17) is 4.74 Å². The van der Waals surface area contributed by atoms with Crippen molar-refractivity contribution in [1.82, 2.24) is 10.3 Å². The number of carbonyl (C=O) groups is 1. The van der Waals surface area contributed by atoms with Gasteiger partial charge in [-0.15, -0.1) is 0 Å². The van der Waals surface area contributed by atoms with Gasteiger partial charge in [0.2, 0.25) is 0 Å². The van der Waals surface area contributed by atoms with E-state index in [0.717, 1.165) is 10.0 Å². The van der Waals surface area contributed by atoms with Gasteiger partial charge in [-0.2, -0.15) is 0 Å². The average Bonchev–Trinajstić information content (AvgIpc) is 2.52. The number of benzene rings is 1. The van der Waals surface area contributed by atoms with Crippen molar-refractivity contribution >= 4 is 22.0 Å². The molecule has 0 saturated heterocycles. The fourth-order valence-corrected chi connectivity index (χ4v) is 1.71. The van der Waals surface area contributed by atoms with E-state index < -0.39 is 6.09 Å². The maximum Gasteiger partial charge on any atom is 0.408 e. The molecule has 21 heavy (non-hydrogen) atoms. The van der Waals surface area contributed by atoms with Crippen LogP contribution in [0.1, 0.15) is 11.3 Å². The van der Waals surface area contributed by atoms with E-state index in [1.807, 2.05) is 36.4 Å². The lowest BCUT2D eigenvalue weighted by molar-refractivity contribution is 0.141. The summed E-state index contributed by atoms with van der Waals surface area (Å²) in [5.74, 6) is 5.66. The van der Waals surface area contributed by atoms with E-state index >= 15 is 0 Å². The van der Waals surface area contributed by atoms with Gasteiger partial charge in [0.05, 0.1) is 6.54 Å². The molecule has 0 aliphatic heterocycles. The third-order valence-electron chi connectivity index (χ3n) is 2.48. The van der Waals surface area contributed by atoms with Crippen LogP contribution in [0.25, 0.3) is 0 Å². The summed E-state index contributed by atoms with van der Waals surface area (Å²) in [5.41, 5.74) is 1.59. The normalized spacial score (nSPS) is 9.38. The first kappa shape index (κ1) is 15.1. The monoisotopic (exact) mass is 344 g/mol. The summed E-state index contributed by atoms with van der Waals surface area (Å²) in [6.07, 6.45) is 1.18. The Morgan fingerprint density at radius 2 is 2.05 bits per heavy atom. The molecule has 2 rings (SSSR count). The second-order valence-electron chi connectivity index (χ2n) is 4.08. The molecule has 0 atom stereocenters. The molecule has 1 N–H and O–H groups in total. The molecule has 1 heterocycles. The molecule has 1 amide bonds. The minimum absolute atomic E-state index is 0.214. The third-order valence-corrected chi connectivity index (χ3v) is 2.95. The van der Waals surface area contributed by atoms with Crippen molar-refractivity contribution in [3.63, 3.8) is 0 Å². The largest absolute Gasteiger partial charge is 0.445 e. The average molecular weight is 345 g/mol. The lowest BCUT2D eigenvalue weighted by Crippen LogP contribution is -2.24. The summed E-state index contributed by atoms with van der Waals surface area (Å²) >= 11 is 3.30. The molecule has 0 fully saturated rings. The second kappa shape index (κ2) is 8.08. The van der Waals surface area contributed by atoms with Gasteiger partial charge in [-0.25, -0.2) is 9.78 Å². The maximum atomic E-state index is 11.4. The van der Waals surface area contributed by atoms with Crippen molar-refractivity contribution in [2.24, 2.45) is 0 Å². The first-order chi connectivity index (χ1) is 10.2. The number of hydrogen-bond acceptors (Lipinski definition) is 3. The van der Waals surface area contributed by atoms with Crippen molar-refractivity contribution < 1.29 is 9.53 Å². The minimum atomic E-state index is -0.489. The molecule has 4 nitrogen and oxygen atoms in total. The Hall–Kier alpha value is -2.32. The summed E-state index contributed by atoms with van der Waals surface area (Å²) < 4.78 is 5.96. The van der Waals surface area contributed by atoms with Crippen LogP contribution in [-0.4, -0.2) is 17.6 Å². The highest BCUT2D eigenvalue weighted by molar-refractivity contribution is 9.10. The van der Waals surface area contributed by atoms with E-state index in [-0.39, 0.29) is 13.2 Å².